The fourth-order valence-corrected chi connectivity index (χ4v) is 3.73. The van der Waals surface area contributed by atoms with E-state index in [1.165, 1.54) is 12.8 Å². The van der Waals surface area contributed by atoms with Crippen LogP contribution in [0.1, 0.15) is 18.4 Å². The van der Waals surface area contributed by atoms with Crippen molar-refractivity contribution in [3.05, 3.63) is 41.4 Å². The summed E-state index contributed by atoms with van der Waals surface area (Å²) in [7, 11) is 0. The number of guanidine groups is 1. The Morgan fingerprint density at radius 2 is 2.00 bits per heavy atom. The number of nitrogens with zero attached hydrogens (tertiary/aromatic N) is 4. The third-order valence-corrected chi connectivity index (χ3v) is 5.68. The standard InChI is InChI=1S/C19H25N5OS.HI/c20-18(23-8-10-24(11-9-23)19-21-7-12-26-19)22-13-16-3-1-2-4-17(16)25-14-15-5-6-15;/h1-4,7,12,15H,5-6,8-11,13-14H2,(H2,20,22);1H. The summed E-state index contributed by atoms with van der Waals surface area (Å²) in [6.45, 7) is 4.95. The SMILES string of the molecule is I.NC(=NCc1ccccc1OCC1CC1)N1CCN(c2nccs2)CC1. The Morgan fingerprint density at radius 3 is 2.70 bits per heavy atom. The highest BCUT2D eigenvalue weighted by atomic mass is 127. The fourth-order valence-electron chi connectivity index (χ4n) is 3.03. The Kier molecular flexibility index (Phi) is 7.17. The summed E-state index contributed by atoms with van der Waals surface area (Å²) in [5.74, 6) is 2.29. The van der Waals surface area contributed by atoms with Gasteiger partial charge in [-0.05, 0) is 24.8 Å². The van der Waals surface area contributed by atoms with Gasteiger partial charge >= 0.3 is 0 Å². The largest absolute Gasteiger partial charge is 0.493 e. The van der Waals surface area contributed by atoms with E-state index in [1.807, 2.05) is 29.8 Å². The number of hydrogen-bond donors (Lipinski definition) is 1. The van der Waals surface area contributed by atoms with Crippen molar-refractivity contribution in [3.63, 3.8) is 0 Å². The third kappa shape index (κ3) is 5.47. The molecule has 2 aliphatic rings. The molecule has 2 aromatic rings. The Balaban J connectivity index is 0.00000210. The molecule has 1 aliphatic carbocycles. The highest BCUT2D eigenvalue weighted by Gasteiger charge is 2.22. The van der Waals surface area contributed by atoms with Crippen molar-refractivity contribution in [3.8, 4) is 5.75 Å². The molecule has 0 radical (unpaired) electrons. The predicted octanol–water partition coefficient (Wildman–Crippen LogP) is 3.19. The van der Waals surface area contributed by atoms with Gasteiger partial charge in [0.2, 0.25) is 0 Å². The molecule has 0 bridgehead atoms. The molecular formula is C19H26IN5OS. The zero-order valence-corrected chi connectivity index (χ0v) is 18.4. The number of para-hydroxylation sites is 1. The molecule has 4 rings (SSSR count). The maximum Gasteiger partial charge on any atom is 0.191 e. The third-order valence-electron chi connectivity index (χ3n) is 4.85. The first-order chi connectivity index (χ1) is 12.8. The maximum atomic E-state index is 6.25. The molecule has 8 heteroatoms. The van der Waals surface area contributed by atoms with Crippen molar-refractivity contribution >= 4 is 46.4 Å². The lowest BCUT2D eigenvalue weighted by molar-refractivity contribution is 0.297. The van der Waals surface area contributed by atoms with Gasteiger partial charge in [0.1, 0.15) is 5.75 Å². The lowest BCUT2D eigenvalue weighted by atomic mass is 10.2. The van der Waals surface area contributed by atoms with E-state index in [2.05, 4.69) is 25.8 Å². The summed E-state index contributed by atoms with van der Waals surface area (Å²) < 4.78 is 5.96. The minimum absolute atomic E-state index is 0. The minimum Gasteiger partial charge on any atom is -0.493 e. The average molecular weight is 499 g/mol. The number of halogens is 1. The molecule has 2 heterocycles. The van der Waals surface area contributed by atoms with Crippen molar-refractivity contribution < 1.29 is 4.74 Å². The van der Waals surface area contributed by atoms with Crippen molar-refractivity contribution in [1.82, 2.24) is 9.88 Å². The molecule has 1 aliphatic heterocycles. The summed E-state index contributed by atoms with van der Waals surface area (Å²) >= 11 is 1.68. The molecule has 146 valence electrons. The maximum absolute atomic E-state index is 6.25. The molecule has 0 unspecified atom stereocenters. The van der Waals surface area contributed by atoms with E-state index < -0.39 is 0 Å². The number of aliphatic imine (C=N–C) groups is 1. The molecule has 6 nitrogen and oxygen atoms in total. The minimum atomic E-state index is 0. The van der Waals surface area contributed by atoms with Gasteiger partial charge in [0, 0.05) is 43.3 Å². The van der Waals surface area contributed by atoms with Crippen molar-refractivity contribution in [2.75, 3.05) is 37.7 Å². The topological polar surface area (TPSA) is 67.0 Å². The summed E-state index contributed by atoms with van der Waals surface area (Å²) in [6.07, 6.45) is 4.44. The van der Waals surface area contributed by atoms with Crippen molar-refractivity contribution in [2.24, 2.45) is 16.6 Å². The zero-order valence-electron chi connectivity index (χ0n) is 15.3. The van der Waals surface area contributed by atoms with E-state index in [9.17, 15) is 0 Å². The first kappa shape index (κ1) is 20.2. The molecule has 27 heavy (non-hydrogen) atoms. The number of hydrogen-bond acceptors (Lipinski definition) is 5. The van der Waals surface area contributed by atoms with Crippen LogP contribution in [0.5, 0.6) is 5.75 Å². The fraction of sp³-hybridized carbons (Fsp3) is 0.474. The second kappa shape index (κ2) is 9.59. The van der Waals surface area contributed by atoms with Crippen LogP contribution in [0.25, 0.3) is 0 Å². The van der Waals surface area contributed by atoms with Gasteiger partial charge in [0.15, 0.2) is 11.1 Å². The smallest absolute Gasteiger partial charge is 0.191 e. The van der Waals surface area contributed by atoms with Gasteiger partial charge in [-0.1, -0.05) is 18.2 Å². The van der Waals surface area contributed by atoms with Crippen LogP contribution in [-0.4, -0.2) is 48.6 Å². The van der Waals surface area contributed by atoms with Crippen LogP contribution in [0.3, 0.4) is 0 Å². The number of piperazine rings is 1. The van der Waals surface area contributed by atoms with E-state index in [-0.39, 0.29) is 24.0 Å². The lowest BCUT2D eigenvalue weighted by Crippen LogP contribution is -2.51. The number of benzene rings is 1. The zero-order chi connectivity index (χ0) is 17.8. The number of anilines is 1. The quantitative estimate of drug-likeness (QED) is 0.376. The molecule has 1 aromatic heterocycles. The Hall–Kier alpha value is -1.55. The lowest BCUT2D eigenvalue weighted by Gasteiger charge is -2.35. The normalized spacial score (nSPS) is 17.6. The molecule has 2 fully saturated rings. The highest BCUT2D eigenvalue weighted by Crippen LogP contribution is 2.30. The first-order valence-electron chi connectivity index (χ1n) is 9.19. The number of aromatic nitrogens is 1. The molecule has 1 aromatic carbocycles. The van der Waals surface area contributed by atoms with Crippen LogP contribution < -0.4 is 15.4 Å². The monoisotopic (exact) mass is 499 g/mol. The number of rotatable bonds is 6. The summed E-state index contributed by atoms with van der Waals surface area (Å²) in [5, 5.41) is 3.10. The number of thiazole rings is 1. The van der Waals surface area contributed by atoms with E-state index in [0.29, 0.717) is 12.5 Å². The van der Waals surface area contributed by atoms with E-state index in [4.69, 9.17) is 10.5 Å². The predicted molar refractivity (Wildman–Crippen MR) is 121 cm³/mol. The summed E-state index contributed by atoms with van der Waals surface area (Å²) in [4.78, 5) is 13.4. The van der Waals surface area contributed by atoms with Crippen molar-refractivity contribution in [1.29, 1.82) is 0 Å². The Bertz CT molecular complexity index is 742. The highest BCUT2D eigenvalue weighted by molar-refractivity contribution is 14.0. The van der Waals surface area contributed by atoms with Crippen LogP contribution in [0.4, 0.5) is 5.13 Å². The van der Waals surface area contributed by atoms with Crippen LogP contribution in [0.15, 0.2) is 40.8 Å². The van der Waals surface area contributed by atoms with Crippen molar-refractivity contribution in [2.45, 2.75) is 19.4 Å². The number of ether oxygens (including phenoxy) is 1. The van der Waals surface area contributed by atoms with Gasteiger partial charge in [-0.15, -0.1) is 35.3 Å². The Morgan fingerprint density at radius 1 is 1.22 bits per heavy atom. The molecule has 2 N–H and O–H groups in total. The van der Waals surface area contributed by atoms with Gasteiger partial charge in [-0.25, -0.2) is 9.98 Å². The van der Waals surface area contributed by atoms with Crippen LogP contribution in [0.2, 0.25) is 0 Å². The molecule has 0 spiro atoms. The van der Waals surface area contributed by atoms with Crippen LogP contribution in [-0.2, 0) is 6.54 Å². The molecule has 0 atom stereocenters. The van der Waals surface area contributed by atoms with Crippen LogP contribution in [0, 0.1) is 5.92 Å². The van der Waals surface area contributed by atoms with Gasteiger partial charge < -0.3 is 20.3 Å². The van der Waals surface area contributed by atoms with E-state index in [0.717, 1.165) is 55.1 Å². The van der Waals surface area contributed by atoms with Gasteiger partial charge in [-0.3, -0.25) is 0 Å². The second-order valence-electron chi connectivity index (χ2n) is 6.83. The van der Waals surface area contributed by atoms with Gasteiger partial charge in [0.05, 0.1) is 13.2 Å². The first-order valence-corrected chi connectivity index (χ1v) is 10.1. The molecular weight excluding hydrogens is 473 g/mol. The molecule has 1 saturated carbocycles. The van der Waals surface area contributed by atoms with Gasteiger partial charge in [-0.2, -0.15) is 0 Å². The van der Waals surface area contributed by atoms with E-state index >= 15 is 0 Å². The summed E-state index contributed by atoms with van der Waals surface area (Å²) in [6, 6.07) is 8.13. The summed E-state index contributed by atoms with van der Waals surface area (Å²) in [5.41, 5.74) is 7.34. The second-order valence-corrected chi connectivity index (χ2v) is 7.70. The van der Waals surface area contributed by atoms with Gasteiger partial charge in [0.25, 0.3) is 0 Å². The van der Waals surface area contributed by atoms with Crippen LogP contribution >= 0.6 is 35.3 Å². The number of nitrogens with two attached hydrogens (primary N) is 1. The molecule has 1 saturated heterocycles. The van der Waals surface area contributed by atoms with E-state index in [1.54, 1.807) is 11.3 Å². The average Bonchev–Trinajstić information content (AvgIpc) is 3.36. The Labute approximate surface area is 181 Å². The molecule has 0 amide bonds.